The van der Waals surface area contributed by atoms with Gasteiger partial charge in [-0.05, 0) is 25.3 Å². The van der Waals surface area contributed by atoms with Gasteiger partial charge in [0.25, 0.3) is 0 Å². The van der Waals surface area contributed by atoms with Gasteiger partial charge < -0.3 is 5.32 Å². The number of nitrogens with one attached hydrogen (secondary N) is 1. The van der Waals surface area contributed by atoms with Crippen molar-refractivity contribution in [2.24, 2.45) is 5.92 Å². The minimum atomic E-state index is 0.948. The van der Waals surface area contributed by atoms with Gasteiger partial charge in [-0.3, -0.25) is 0 Å². The Hall–Kier alpha value is -0.300. The molecule has 1 fully saturated rings. The predicted molar refractivity (Wildman–Crippen MR) is 49.6 cm³/mol. The van der Waals surface area contributed by atoms with E-state index in [1.165, 1.54) is 38.6 Å². The molecule has 0 aromatic heterocycles. The first-order valence-corrected chi connectivity index (χ1v) is 4.75. The summed E-state index contributed by atoms with van der Waals surface area (Å²) in [5.74, 6) is 0.948. The summed E-state index contributed by atoms with van der Waals surface area (Å²) in [4.78, 5) is 0. The highest BCUT2D eigenvalue weighted by Gasteiger charge is 2.11. The van der Waals surface area contributed by atoms with Gasteiger partial charge in [-0.25, -0.2) is 0 Å². The Kier molecular flexibility index (Phi) is 4.29. The first-order chi connectivity index (χ1) is 5.43. The second kappa shape index (κ2) is 5.36. The van der Waals surface area contributed by atoms with E-state index in [9.17, 15) is 0 Å². The zero-order valence-electron chi connectivity index (χ0n) is 7.31. The van der Waals surface area contributed by atoms with Gasteiger partial charge in [-0.1, -0.05) is 25.3 Å². The van der Waals surface area contributed by atoms with Crippen LogP contribution in [0, 0.1) is 5.92 Å². The van der Waals surface area contributed by atoms with Crippen molar-refractivity contribution in [2.45, 2.75) is 32.1 Å². The molecule has 11 heavy (non-hydrogen) atoms. The lowest BCUT2D eigenvalue weighted by molar-refractivity contribution is 0.347. The van der Waals surface area contributed by atoms with Crippen molar-refractivity contribution in [3.8, 4) is 0 Å². The molecule has 1 aliphatic rings. The normalized spacial score (nSPS) is 20.0. The topological polar surface area (TPSA) is 12.0 Å². The van der Waals surface area contributed by atoms with Gasteiger partial charge >= 0.3 is 0 Å². The van der Waals surface area contributed by atoms with E-state index in [1.807, 2.05) is 6.08 Å². The second-order valence-corrected chi connectivity index (χ2v) is 3.45. The van der Waals surface area contributed by atoms with Crippen LogP contribution in [0.1, 0.15) is 32.1 Å². The van der Waals surface area contributed by atoms with Gasteiger partial charge in [0.1, 0.15) is 0 Å². The van der Waals surface area contributed by atoms with Crippen LogP contribution < -0.4 is 5.32 Å². The lowest BCUT2D eigenvalue weighted by Crippen LogP contribution is -2.24. The largest absolute Gasteiger partial charge is 0.313 e. The van der Waals surface area contributed by atoms with Crippen LogP contribution >= 0.6 is 0 Å². The fourth-order valence-electron chi connectivity index (χ4n) is 1.78. The van der Waals surface area contributed by atoms with Crippen LogP contribution in [-0.2, 0) is 0 Å². The van der Waals surface area contributed by atoms with Crippen LogP contribution in [0.5, 0.6) is 0 Å². The van der Waals surface area contributed by atoms with E-state index in [1.54, 1.807) is 0 Å². The van der Waals surface area contributed by atoms with Crippen molar-refractivity contribution < 1.29 is 0 Å². The molecule has 1 saturated carbocycles. The molecule has 1 rings (SSSR count). The minimum absolute atomic E-state index is 0.948. The molecule has 0 bridgehead atoms. The highest BCUT2D eigenvalue weighted by atomic mass is 14.8. The van der Waals surface area contributed by atoms with E-state index in [0.29, 0.717) is 0 Å². The molecule has 0 amide bonds. The van der Waals surface area contributed by atoms with Crippen LogP contribution in [-0.4, -0.2) is 13.1 Å². The molecule has 0 aromatic carbocycles. The molecule has 1 heteroatoms. The SMILES string of the molecule is C=CCNCC1CCCCC1. The highest BCUT2D eigenvalue weighted by molar-refractivity contribution is 4.73. The summed E-state index contributed by atoms with van der Waals surface area (Å²) >= 11 is 0. The van der Waals surface area contributed by atoms with Crippen molar-refractivity contribution in [3.05, 3.63) is 12.7 Å². The minimum Gasteiger partial charge on any atom is -0.313 e. The Morgan fingerprint density at radius 3 is 2.64 bits per heavy atom. The summed E-state index contributed by atoms with van der Waals surface area (Å²) in [6, 6.07) is 0. The number of rotatable bonds is 4. The fraction of sp³-hybridized carbons (Fsp3) is 0.800. The molecule has 0 atom stereocenters. The van der Waals surface area contributed by atoms with Crippen molar-refractivity contribution in [3.63, 3.8) is 0 Å². The quantitative estimate of drug-likeness (QED) is 0.483. The van der Waals surface area contributed by atoms with Gasteiger partial charge in [0, 0.05) is 6.54 Å². The van der Waals surface area contributed by atoms with Crippen molar-refractivity contribution in [2.75, 3.05) is 13.1 Å². The summed E-state index contributed by atoms with van der Waals surface area (Å²) in [6.07, 6.45) is 9.15. The molecule has 0 radical (unpaired) electrons. The van der Waals surface area contributed by atoms with Crippen molar-refractivity contribution >= 4 is 0 Å². The maximum Gasteiger partial charge on any atom is 0.0132 e. The summed E-state index contributed by atoms with van der Waals surface area (Å²) < 4.78 is 0. The molecular weight excluding hydrogens is 134 g/mol. The van der Waals surface area contributed by atoms with E-state index in [-0.39, 0.29) is 0 Å². The summed E-state index contributed by atoms with van der Waals surface area (Å²) in [6.45, 7) is 5.85. The first-order valence-electron chi connectivity index (χ1n) is 4.75. The molecule has 1 aliphatic carbocycles. The van der Waals surface area contributed by atoms with Crippen molar-refractivity contribution in [1.82, 2.24) is 5.32 Å². The standard InChI is InChI=1S/C10H19N/c1-2-8-11-9-10-6-4-3-5-7-10/h2,10-11H,1,3-9H2. The molecule has 0 saturated heterocycles. The first kappa shape index (κ1) is 8.79. The van der Waals surface area contributed by atoms with Crippen molar-refractivity contribution in [1.29, 1.82) is 0 Å². The van der Waals surface area contributed by atoms with E-state index in [2.05, 4.69) is 11.9 Å². The monoisotopic (exact) mass is 153 g/mol. The smallest absolute Gasteiger partial charge is 0.0132 e. The third kappa shape index (κ3) is 3.57. The van der Waals surface area contributed by atoms with Gasteiger partial charge in [0.05, 0.1) is 0 Å². The van der Waals surface area contributed by atoms with Crippen LogP contribution in [0.2, 0.25) is 0 Å². The van der Waals surface area contributed by atoms with E-state index < -0.39 is 0 Å². The maximum absolute atomic E-state index is 3.68. The number of hydrogen-bond donors (Lipinski definition) is 1. The van der Waals surface area contributed by atoms with E-state index in [4.69, 9.17) is 0 Å². The zero-order valence-corrected chi connectivity index (χ0v) is 7.31. The molecule has 0 unspecified atom stereocenters. The maximum atomic E-state index is 3.68. The van der Waals surface area contributed by atoms with Gasteiger partial charge in [0.2, 0.25) is 0 Å². The van der Waals surface area contributed by atoms with Gasteiger partial charge in [-0.2, -0.15) is 0 Å². The Morgan fingerprint density at radius 1 is 1.27 bits per heavy atom. The summed E-state index contributed by atoms with van der Waals surface area (Å²) in [5.41, 5.74) is 0. The second-order valence-electron chi connectivity index (χ2n) is 3.45. The highest BCUT2D eigenvalue weighted by Crippen LogP contribution is 2.22. The van der Waals surface area contributed by atoms with Gasteiger partial charge in [0.15, 0.2) is 0 Å². The molecule has 1 N–H and O–H groups in total. The average molecular weight is 153 g/mol. The lowest BCUT2D eigenvalue weighted by atomic mass is 9.89. The lowest BCUT2D eigenvalue weighted by Gasteiger charge is -2.21. The van der Waals surface area contributed by atoms with Crippen LogP contribution in [0.15, 0.2) is 12.7 Å². The fourth-order valence-corrected chi connectivity index (χ4v) is 1.78. The van der Waals surface area contributed by atoms with E-state index >= 15 is 0 Å². The Bertz CT molecular complexity index is 103. The molecule has 0 aliphatic heterocycles. The third-order valence-electron chi connectivity index (χ3n) is 2.45. The van der Waals surface area contributed by atoms with E-state index in [0.717, 1.165) is 12.5 Å². The molecule has 1 nitrogen and oxygen atoms in total. The predicted octanol–water partition coefficient (Wildman–Crippen LogP) is 2.34. The molecule has 0 spiro atoms. The molecule has 0 aromatic rings. The number of hydrogen-bond acceptors (Lipinski definition) is 1. The molecule has 0 heterocycles. The van der Waals surface area contributed by atoms with Crippen LogP contribution in [0.3, 0.4) is 0 Å². The van der Waals surface area contributed by atoms with Crippen LogP contribution in [0.25, 0.3) is 0 Å². The third-order valence-corrected chi connectivity index (χ3v) is 2.45. The molecular formula is C10H19N. The Balaban J connectivity index is 2.00. The Morgan fingerprint density at radius 2 is 2.00 bits per heavy atom. The van der Waals surface area contributed by atoms with Gasteiger partial charge in [-0.15, -0.1) is 6.58 Å². The Labute approximate surface area is 69.9 Å². The zero-order chi connectivity index (χ0) is 7.94. The summed E-state index contributed by atoms with van der Waals surface area (Å²) in [5, 5.41) is 3.39. The average Bonchev–Trinajstić information content (AvgIpc) is 2.07. The summed E-state index contributed by atoms with van der Waals surface area (Å²) in [7, 11) is 0. The molecule has 64 valence electrons. The van der Waals surface area contributed by atoms with Crippen LogP contribution in [0.4, 0.5) is 0 Å².